The van der Waals surface area contributed by atoms with Crippen molar-refractivity contribution in [3.05, 3.63) is 11.6 Å². The Balaban J connectivity index is 1.67. The Morgan fingerprint density at radius 2 is 1.59 bits per heavy atom. The second-order valence-electron chi connectivity index (χ2n) is 14.8. The van der Waals surface area contributed by atoms with Gasteiger partial charge < -0.3 is 30.6 Å². The lowest BCUT2D eigenvalue weighted by atomic mass is 9.32. The van der Waals surface area contributed by atoms with E-state index >= 15 is 0 Å². The molecule has 0 aromatic carbocycles. The molecule has 5 aliphatic carbocycles. The van der Waals surface area contributed by atoms with E-state index in [1.54, 1.807) is 0 Å². The first-order valence-corrected chi connectivity index (χ1v) is 14.3. The molecule has 4 fully saturated rings. The van der Waals surface area contributed by atoms with Crippen LogP contribution in [0.3, 0.4) is 0 Å². The van der Waals surface area contributed by atoms with E-state index in [2.05, 4.69) is 19.9 Å². The smallest absolute Gasteiger partial charge is 0.310 e. The first-order valence-electron chi connectivity index (χ1n) is 14.3. The Bertz CT molecular complexity index is 1010. The van der Waals surface area contributed by atoms with Crippen LogP contribution in [0.5, 0.6) is 0 Å². The van der Waals surface area contributed by atoms with Crippen LogP contribution in [0.25, 0.3) is 0 Å². The first-order chi connectivity index (χ1) is 17.0. The highest BCUT2D eigenvalue weighted by Gasteiger charge is 2.73. The third-order valence-electron chi connectivity index (χ3n) is 13.8. The number of carboxylic acid groups (broad SMARTS) is 1. The zero-order chi connectivity index (χ0) is 27.6. The number of aliphatic hydroxyl groups excluding tert-OH is 4. The van der Waals surface area contributed by atoms with Crippen LogP contribution in [0.4, 0.5) is 0 Å². The highest BCUT2D eigenvalue weighted by Crippen LogP contribution is 2.76. The van der Waals surface area contributed by atoms with Gasteiger partial charge in [-0.2, -0.15) is 0 Å². The number of aliphatic carboxylic acids is 1. The van der Waals surface area contributed by atoms with E-state index in [1.165, 1.54) is 0 Å². The van der Waals surface area contributed by atoms with Gasteiger partial charge in [0.05, 0.1) is 29.8 Å². The van der Waals surface area contributed by atoms with Gasteiger partial charge in [-0.05, 0) is 80.5 Å². The summed E-state index contributed by atoms with van der Waals surface area (Å²) >= 11 is 0. The number of hydrogen-bond donors (Lipinski definition) is 6. The zero-order valence-electron chi connectivity index (χ0n) is 23.4. The first kappa shape index (κ1) is 27.6. The van der Waals surface area contributed by atoms with Gasteiger partial charge in [-0.3, -0.25) is 4.79 Å². The lowest BCUT2D eigenvalue weighted by molar-refractivity contribution is -0.288. The molecule has 0 aliphatic heterocycles. The zero-order valence-corrected chi connectivity index (χ0v) is 23.4. The van der Waals surface area contributed by atoms with Crippen LogP contribution in [0, 0.1) is 50.7 Å². The lowest BCUT2D eigenvalue weighted by Gasteiger charge is -2.72. The van der Waals surface area contributed by atoms with Crippen molar-refractivity contribution < 1.29 is 35.4 Å². The minimum Gasteiger partial charge on any atom is -0.481 e. The second-order valence-corrected chi connectivity index (χ2v) is 14.8. The van der Waals surface area contributed by atoms with E-state index < -0.39 is 52.0 Å². The molecule has 0 aromatic heterocycles. The Morgan fingerprint density at radius 3 is 2.19 bits per heavy atom. The van der Waals surface area contributed by atoms with Crippen LogP contribution in [0.1, 0.15) is 86.5 Å². The molecular formula is C30H48O7. The van der Waals surface area contributed by atoms with E-state index in [-0.39, 0.29) is 35.2 Å². The average molecular weight is 521 g/mol. The minimum absolute atomic E-state index is 0.0194. The Kier molecular flexibility index (Phi) is 5.98. The van der Waals surface area contributed by atoms with Crippen LogP contribution in [-0.2, 0) is 4.79 Å². The van der Waals surface area contributed by atoms with E-state index in [0.29, 0.717) is 38.5 Å². The summed E-state index contributed by atoms with van der Waals surface area (Å²) in [5.41, 5.74) is -3.45. The third kappa shape index (κ3) is 2.99. The third-order valence-corrected chi connectivity index (χ3v) is 13.8. The molecule has 0 heterocycles. The van der Waals surface area contributed by atoms with E-state index in [1.807, 2.05) is 27.7 Å². The van der Waals surface area contributed by atoms with E-state index in [4.69, 9.17) is 0 Å². The van der Waals surface area contributed by atoms with Crippen molar-refractivity contribution in [2.45, 2.75) is 110 Å². The Morgan fingerprint density at radius 1 is 0.946 bits per heavy atom. The molecule has 7 nitrogen and oxygen atoms in total. The molecule has 13 atom stereocenters. The minimum atomic E-state index is -1.36. The molecule has 0 bridgehead atoms. The van der Waals surface area contributed by atoms with Crippen molar-refractivity contribution in [1.29, 1.82) is 0 Å². The molecule has 0 amide bonds. The van der Waals surface area contributed by atoms with Gasteiger partial charge in [0, 0.05) is 16.7 Å². The fraction of sp³-hybridized carbons (Fsp3) is 0.900. The number of carboxylic acids is 1. The van der Waals surface area contributed by atoms with Crippen molar-refractivity contribution in [2.75, 3.05) is 6.61 Å². The Labute approximate surface area is 221 Å². The standard InChI is InChI=1S/C30H48O7/c1-16-9-12-30(24(35)36)14-13-26(3)17(21(30)29(16,6)37)7-8-19-27(26,4)11-10-18-25(2,15-31)22(33)20(32)23(34)28(18,19)5/h7,16,18-23,31-34,37H,8-15H2,1-6H3,(H,35,36)/t16-,18+,19+,20+,21-,22+,23-,25+,26-,27-,28+,29-,30+/m1/s1. The van der Waals surface area contributed by atoms with Crippen LogP contribution in [0.2, 0.25) is 0 Å². The van der Waals surface area contributed by atoms with Gasteiger partial charge in [0.15, 0.2) is 0 Å². The van der Waals surface area contributed by atoms with E-state index in [0.717, 1.165) is 12.0 Å². The van der Waals surface area contributed by atoms with Crippen LogP contribution >= 0.6 is 0 Å². The molecule has 0 aromatic rings. The number of aliphatic hydroxyl groups is 5. The van der Waals surface area contributed by atoms with Gasteiger partial charge in [-0.25, -0.2) is 0 Å². The number of carbonyl (C=O) groups is 1. The molecule has 5 rings (SSSR count). The van der Waals surface area contributed by atoms with Gasteiger partial charge >= 0.3 is 5.97 Å². The number of rotatable bonds is 2. The molecule has 0 spiro atoms. The summed E-state index contributed by atoms with van der Waals surface area (Å²) in [6.45, 7) is 11.9. The summed E-state index contributed by atoms with van der Waals surface area (Å²) in [6, 6.07) is 0. The molecule has 0 radical (unpaired) electrons. The molecule has 210 valence electrons. The topological polar surface area (TPSA) is 138 Å². The maximum absolute atomic E-state index is 12.9. The van der Waals surface area contributed by atoms with E-state index in [9.17, 15) is 35.4 Å². The van der Waals surface area contributed by atoms with Crippen molar-refractivity contribution in [2.24, 2.45) is 50.7 Å². The van der Waals surface area contributed by atoms with Gasteiger partial charge in [-0.15, -0.1) is 0 Å². The monoisotopic (exact) mass is 520 g/mol. The molecule has 7 heteroatoms. The maximum Gasteiger partial charge on any atom is 0.310 e. The van der Waals surface area contributed by atoms with Crippen molar-refractivity contribution in [1.82, 2.24) is 0 Å². The van der Waals surface area contributed by atoms with Crippen LogP contribution < -0.4 is 0 Å². The molecular weight excluding hydrogens is 472 g/mol. The van der Waals surface area contributed by atoms with Crippen molar-refractivity contribution in [3.8, 4) is 0 Å². The van der Waals surface area contributed by atoms with Crippen molar-refractivity contribution >= 4 is 5.97 Å². The summed E-state index contributed by atoms with van der Waals surface area (Å²) in [6.07, 6.45) is 3.00. The summed E-state index contributed by atoms with van der Waals surface area (Å²) in [5.74, 6) is -1.54. The molecule has 5 aliphatic rings. The highest BCUT2D eigenvalue weighted by molar-refractivity contribution is 5.77. The molecule has 6 N–H and O–H groups in total. The quantitative estimate of drug-likeness (QED) is 0.308. The summed E-state index contributed by atoms with van der Waals surface area (Å²) in [4.78, 5) is 12.9. The lowest BCUT2D eigenvalue weighted by Crippen LogP contribution is -2.73. The molecule has 0 saturated heterocycles. The highest BCUT2D eigenvalue weighted by atomic mass is 16.4. The Hall–Kier alpha value is -0.990. The summed E-state index contributed by atoms with van der Waals surface area (Å²) in [7, 11) is 0. The van der Waals surface area contributed by atoms with Crippen LogP contribution in [0.15, 0.2) is 11.6 Å². The summed E-state index contributed by atoms with van der Waals surface area (Å²) in [5, 5.41) is 66.4. The molecule has 4 saturated carbocycles. The number of allylic oxidation sites excluding steroid dienone is 1. The molecule has 0 unspecified atom stereocenters. The predicted octanol–water partition coefficient (Wildman–Crippen LogP) is 3.12. The van der Waals surface area contributed by atoms with Crippen LogP contribution in [-0.4, -0.2) is 67.1 Å². The average Bonchev–Trinajstić information content (AvgIpc) is 2.84. The number of hydrogen-bond acceptors (Lipinski definition) is 6. The second kappa shape index (κ2) is 8.03. The normalized spacial score (nSPS) is 59.3. The predicted molar refractivity (Wildman–Crippen MR) is 138 cm³/mol. The van der Waals surface area contributed by atoms with Gasteiger partial charge in [-0.1, -0.05) is 46.3 Å². The maximum atomic E-state index is 12.9. The van der Waals surface area contributed by atoms with Gasteiger partial charge in [0.2, 0.25) is 0 Å². The van der Waals surface area contributed by atoms with Gasteiger partial charge in [0.25, 0.3) is 0 Å². The van der Waals surface area contributed by atoms with Crippen molar-refractivity contribution in [3.63, 3.8) is 0 Å². The molecule has 37 heavy (non-hydrogen) atoms. The van der Waals surface area contributed by atoms with Gasteiger partial charge in [0.1, 0.15) is 6.10 Å². The SMILES string of the molecule is C[C@@H]1CC[C@]2(C(=O)O)CC[C@]3(C)C(=CC[C@@H]4[C@@]5(C)[C@H](O)[C@@H](O)[C@H](O)[C@@](C)(CO)[C@@H]5CC[C@]43C)[C@@H]2[C@]1(C)O. The summed E-state index contributed by atoms with van der Waals surface area (Å²) < 4.78 is 0. The fourth-order valence-corrected chi connectivity index (χ4v) is 10.9. The number of fused-ring (bicyclic) bond motifs is 7. The largest absolute Gasteiger partial charge is 0.481 e. The fourth-order valence-electron chi connectivity index (χ4n) is 10.9.